The summed E-state index contributed by atoms with van der Waals surface area (Å²) in [6.45, 7) is 11.5. The lowest BCUT2D eigenvalue weighted by molar-refractivity contribution is -0.145. The molecule has 0 N–H and O–H groups in total. The average Bonchev–Trinajstić information content (AvgIpc) is 2.26. The van der Waals surface area contributed by atoms with Gasteiger partial charge in [0.25, 0.3) is 0 Å². The second-order valence-electron chi connectivity index (χ2n) is 7.44. The molecule has 0 aromatic heterocycles. The topological polar surface area (TPSA) is 26.3 Å². The van der Waals surface area contributed by atoms with E-state index in [4.69, 9.17) is 4.74 Å². The van der Waals surface area contributed by atoms with Crippen LogP contribution < -0.4 is 0 Å². The molecule has 1 unspecified atom stereocenters. The van der Waals surface area contributed by atoms with E-state index < -0.39 is 0 Å². The summed E-state index contributed by atoms with van der Waals surface area (Å²) in [6, 6.07) is 0. The summed E-state index contributed by atoms with van der Waals surface area (Å²) in [5.41, 5.74) is 2.10. The number of carbonyl (C=O) groups is 1. The molecular weight excluding hydrogens is 236 g/mol. The summed E-state index contributed by atoms with van der Waals surface area (Å²) in [6.07, 6.45) is 7.45. The molecule has 2 aliphatic rings. The summed E-state index contributed by atoms with van der Waals surface area (Å²) >= 11 is 0. The van der Waals surface area contributed by atoms with E-state index in [1.807, 2.05) is 0 Å². The monoisotopic (exact) mass is 264 g/mol. The lowest BCUT2D eigenvalue weighted by Gasteiger charge is -2.56. The molecule has 3 atom stereocenters. The van der Waals surface area contributed by atoms with Crippen LogP contribution in [-0.2, 0) is 9.53 Å². The first-order valence-corrected chi connectivity index (χ1v) is 7.57. The molecule has 0 spiro atoms. The summed E-state index contributed by atoms with van der Waals surface area (Å²) in [7, 11) is 0. The molecule has 2 nitrogen and oxygen atoms in total. The van der Waals surface area contributed by atoms with Crippen molar-refractivity contribution in [1.29, 1.82) is 0 Å². The van der Waals surface area contributed by atoms with Crippen molar-refractivity contribution < 1.29 is 9.53 Å². The van der Waals surface area contributed by atoms with Gasteiger partial charge in [-0.15, -0.1) is 0 Å². The number of fused-ring (bicyclic) bond motifs is 1. The highest BCUT2D eigenvalue weighted by Gasteiger charge is 2.52. The Morgan fingerprint density at radius 1 is 1.37 bits per heavy atom. The minimum Gasteiger partial charge on any atom is -0.465 e. The van der Waals surface area contributed by atoms with Gasteiger partial charge >= 0.3 is 5.97 Å². The van der Waals surface area contributed by atoms with E-state index in [-0.39, 0.29) is 11.4 Å². The Bertz CT molecular complexity index is 394. The lowest BCUT2D eigenvalue weighted by Crippen LogP contribution is -2.49. The van der Waals surface area contributed by atoms with Crippen molar-refractivity contribution in [3.63, 3.8) is 0 Å². The second kappa shape index (κ2) is 4.96. The van der Waals surface area contributed by atoms with Crippen LogP contribution in [0.2, 0.25) is 0 Å². The van der Waals surface area contributed by atoms with Crippen molar-refractivity contribution in [2.45, 2.75) is 60.3 Å². The molecule has 0 heterocycles. The SMILES string of the molecule is CC(=O)OC[C@@H]1C(C)=CCC2C(C)(C)CCC[C@]21C. The average molecular weight is 264 g/mol. The minimum absolute atomic E-state index is 0.159. The fourth-order valence-electron chi connectivity index (χ4n) is 4.66. The van der Waals surface area contributed by atoms with Crippen LogP contribution >= 0.6 is 0 Å². The van der Waals surface area contributed by atoms with Crippen molar-refractivity contribution in [1.82, 2.24) is 0 Å². The van der Waals surface area contributed by atoms with E-state index >= 15 is 0 Å². The van der Waals surface area contributed by atoms with Gasteiger partial charge < -0.3 is 4.74 Å². The molecule has 0 aromatic rings. The van der Waals surface area contributed by atoms with E-state index in [0.29, 0.717) is 23.9 Å². The normalized spacial score (nSPS) is 37.2. The Kier molecular flexibility index (Phi) is 3.81. The first-order valence-electron chi connectivity index (χ1n) is 7.57. The lowest BCUT2D eigenvalue weighted by atomic mass is 9.49. The molecule has 2 heteroatoms. The predicted molar refractivity (Wildman–Crippen MR) is 77.7 cm³/mol. The van der Waals surface area contributed by atoms with Gasteiger partial charge in [-0.3, -0.25) is 4.79 Å². The number of hydrogen-bond acceptors (Lipinski definition) is 2. The molecular formula is C17H28O2. The smallest absolute Gasteiger partial charge is 0.302 e. The van der Waals surface area contributed by atoms with Crippen LogP contribution in [0.4, 0.5) is 0 Å². The van der Waals surface area contributed by atoms with Gasteiger partial charge in [-0.2, -0.15) is 0 Å². The number of ether oxygens (including phenoxy) is 1. The molecule has 1 fully saturated rings. The highest BCUT2D eigenvalue weighted by molar-refractivity contribution is 5.65. The maximum Gasteiger partial charge on any atom is 0.302 e. The molecule has 0 amide bonds. The van der Waals surface area contributed by atoms with Crippen LogP contribution in [0.5, 0.6) is 0 Å². The van der Waals surface area contributed by atoms with E-state index in [9.17, 15) is 4.79 Å². The third-order valence-corrected chi connectivity index (χ3v) is 5.75. The van der Waals surface area contributed by atoms with Crippen molar-refractivity contribution in [2.24, 2.45) is 22.7 Å². The van der Waals surface area contributed by atoms with Gasteiger partial charge in [0.2, 0.25) is 0 Å². The Labute approximate surface area is 117 Å². The zero-order valence-electron chi connectivity index (χ0n) is 13.1. The summed E-state index contributed by atoms with van der Waals surface area (Å²) < 4.78 is 5.35. The number of allylic oxidation sites excluding steroid dienone is 1. The van der Waals surface area contributed by atoms with Crippen molar-refractivity contribution in [3.05, 3.63) is 11.6 Å². The van der Waals surface area contributed by atoms with Crippen LogP contribution in [0.1, 0.15) is 60.3 Å². The molecule has 0 radical (unpaired) electrons. The summed E-state index contributed by atoms with van der Waals surface area (Å²) in [4.78, 5) is 11.1. The van der Waals surface area contributed by atoms with Gasteiger partial charge in [-0.1, -0.05) is 38.8 Å². The standard InChI is InChI=1S/C17H28O2/c1-12-7-8-15-16(3,4)9-6-10-17(15,5)14(12)11-19-13(2)18/h7,14-15H,6,8-11H2,1-5H3/t14-,15?,17+/m1/s1. The quantitative estimate of drug-likeness (QED) is 0.547. The van der Waals surface area contributed by atoms with E-state index in [2.05, 4.69) is 33.8 Å². The Balaban J connectivity index is 2.28. The molecule has 0 aromatic carbocycles. The van der Waals surface area contributed by atoms with Gasteiger partial charge in [-0.25, -0.2) is 0 Å². The number of carbonyl (C=O) groups excluding carboxylic acids is 1. The maximum atomic E-state index is 11.1. The van der Waals surface area contributed by atoms with Crippen LogP contribution in [0.15, 0.2) is 11.6 Å². The first kappa shape index (κ1) is 14.6. The number of hydrogen-bond donors (Lipinski definition) is 0. The summed E-state index contributed by atoms with van der Waals surface area (Å²) in [5.74, 6) is 0.946. The van der Waals surface area contributed by atoms with Crippen LogP contribution in [0, 0.1) is 22.7 Å². The fourth-order valence-corrected chi connectivity index (χ4v) is 4.66. The number of esters is 1. The van der Waals surface area contributed by atoms with E-state index in [0.717, 1.165) is 0 Å². The Morgan fingerprint density at radius 2 is 2.05 bits per heavy atom. The van der Waals surface area contributed by atoms with Gasteiger partial charge in [0.05, 0.1) is 6.61 Å². The Morgan fingerprint density at radius 3 is 2.68 bits per heavy atom. The van der Waals surface area contributed by atoms with Crippen LogP contribution in [0.25, 0.3) is 0 Å². The zero-order valence-corrected chi connectivity index (χ0v) is 13.1. The third-order valence-electron chi connectivity index (χ3n) is 5.75. The highest BCUT2D eigenvalue weighted by Crippen LogP contribution is 2.59. The largest absolute Gasteiger partial charge is 0.465 e. The van der Waals surface area contributed by atoms with Crippen molar-refractivity contribution in [2.75, 3.05) is 6.61 Å². The zero-order chi connectivity index (χ0) is 14.3. The number of rotatable bonds is 2. The molecule has 1 saturated carbocycles. The molecule has 2 rings (SSSR count). The predicted octanol–water partition coefficient (Wildman–Crippen LogP) is 4.35. The first-order chi connectivity index (χ1) is 8.77. The van der Waals surface area contributed by atoms with E-state index in [1.54, 1.807) is 0 Å². The summed E-state index contributed by atoms with van der Waals surface area (Å²) in [5, 5.41) is 0. The molecule has 2 aliphatic carbocycles. The van der Waals surface area contributed by atoms with Gasteiger partial charge in [0, 0.05) is 12.8 Å². The molecule has 0 bridgehead atoms. The molecule has 0 aliphatic heterocycles. The molecule has 19 heavy (non-hydrogen) atoms. The molecule has 0 saturated heterocycles. The van der Waals surface area contributed by atoms with Gasteiger partial charge in [0.15, 0.2) is 0 Å². The van der Waals surface area contributed by atoms with Crippen molar-refractivity contribution >= 4 is 5.97 Å². The van der Waals surface area contributed by atoms with Gasteiger partial charge in [0.1, 0.15) is 0 Å². The molecule has 108 valence electrons. The van der Waals surface area contributed by atoms with E-state index in [1.165, 1.54) is 38.2 Å². The fraction of sp³-hybridized carbons (Fsp3) is 0.824. The maximum absolute atomic E-state index is 11.1. The van der Waals surface area contributed by atoms with Crippen LogP contribution in [-0.4, -0.2) is 12.6 Å². The van der Waals surface area contributed by atoms with Gasteiger partial charge in [-0.05, 0) is 42.9 Å². The highest BCUT2D eigenvalue weighted by atomic mass is 16.5. The minimum atomic E-state index is -0.159. The second-order valence-corrected chi connectivity index (χ2v) is 7.44. The van der Waals surface area contributed by atoms with Crippen molar-refractivity contribution in [3.8, 4) is 0 Å². The third kappa shape index (κ3) is 2.59. The van der Waals surface area contributed by atoms with Crippen LogP contribution in [0.3, 0.4) is 0 Å². The Hall–Kier alpha value is -0.790.